The molecule has 1 aromatic heterocycles. The number of hydrogen-bond acceptors (Lipinski definition) is 7. The van der Waals surface area contributed by atoms with Crippen molar-refractivity contribution in [2.24, 2.45) is 5.92 Å². The Balaban J connectivity index is 1.71. The van der Waals surface area contributed by atoms with Crippen LogP contribution in [0.3, 0.4) is 0 Å². The molecular formula is C15H19N5O3S. The summed E-state index contributed by atoms with van der Waals surface area (Å²) in [6.45, 7) is 0.758. The van der Waals surface area contributed by atoms with Crippen molar-refractivity contribution in [2.75, 3.05) is 26.5 Å². The van der Waals surface area contributed by atoms with Crippen LogP contribution in [-0.4, -0.2) is 52.6 Å². The first-order valence-electron chi connectivity index (χ1n) is 7.61. The maximum absolute atomic E-state index is 11.9. The Morgan fingerprint density at radius 3 is 2.92 bits per heavy atom. The number of methoxy groups -OCH3 is 2. The molecule has 3 rings (SSSR count). The van der Waals surface area contributed by atoms with Crippen molar-refractivity contribution in [3.05, 3.63) is 18.2 Å². The normalized spacial score (nSPS) is 13.6. The van der Waals surface area contributed by atoms with Gasteiger partial charge in [0.1, 0.15) is 17.2 Å². The Morgan fingerprint density at radius 1 is 1.38 bits per heavy atom. The van der Waals surface area contributed by atoms with Gasteiger partial charge in [-0.1, -0.05) is 11.8 Å². The van der Waals surface area contributed by atoms with E-state index in [0.29, 0.717) is 28.3 Å². The van der Waals surface area contributed by atoms with Crippen LogP contribution >= 0.6 is 11.8 Å². The average molecular weight is 349 g/mol. The largest absolute Gasteiger partial charge is 0.497 e. The highest BCUT2D eigenvalue weighted by Gasteiger charge is 2.22. The van der Waals surface area contributed by atoms with Crippen molar-refractivity contribution in [3.8, 4) is 17.2 Å². The van der Waals surface area contributed by atoms with Gasteiger partial charge in [-0.05, 0) is 41.3 Å². The Morgan fingerprint density at radius 2 is 2.21 bits per heavy atom. The fourth-order valence-electron chi connectivity index (χ4n) is 2.14. The molecule has 0 saturated heterocycles. The first-order chi connectivity index (χ1) is 11.7. The molecule has 1 N–H and O–H groups in total. The molecule has 0 aliphatic heterocycles. The number of aromatic nitrogens is 4. The number of nitrogens with zero attached hydrogens (tertiary/aromatic N) is 4. The number of carbonyl (C=O) groups is 1. The van der Waals surface area contributed by atoms with Gasteiger partial charge in [-0.3, -0.25) is 4.79 Å². The summed E-state index contributed by atoms with van der Waals surface area (Å²) in [4.78, 5) is 11.9. The zero-order valence-corrected chi connectivity index (χ0v) is 14.4. The fraction of sp³-hybridized carbons (Fsp3) is 0.467. The van der Waals surface area contributed by atoms with Gasteiger partial charge in [0.25, 0.3) is 0 Å². The molecular weight excluding hydrogens is 330 g/mol. The Kier molecular flexibility index (Phi) is 5.19. The lowest BCUT2D eigenvalue weighted by Gasteiger charge is -2.11. The molecule has 1 heterocycles. The number of rotatable bonds is 8. The summed E-state index contributed by atoms with van der Waals surface area (Å²) in [5.74, 6) is 2.19. The predicted molar refractivity (Wildman–Crippen MR) is 88.7 cm³/mol. The summed E-state index contributed by atoms with van der Waals surface area (Å²) >= 11 is 1.28. The van der Waals surface area contributed by atoms with E-state index in [-0.39, 0.29) is 11.7 Å². The molecule has 0 bridgehead atoms. The van der Waals surface area contributed by atoms with Crippen molar-refractivity contribution >= 4 is 17.7 Å². The van der Waals surface area contributed by atoms with Gasteiger partial charge in [-0.15, -0.1) is 5.10 Å². The molecule has 9 heteroatoms. The number of amides is 1. The number of tetrazole rings is 1. The van der Waals surface area contributed by atoms with E-state index in [1.165, 1.54) is 24.6 Å². The molecule has 24 heavy (non-hydrogen) atoms. The number of benzene rings is 1. The summed E-state index contributed by atoms with van der Waals surface area (Å²) in [6, 6.07) is 5.36. The molecule has 1 aromatic carbocycles. The van der Waals surface area contributed by atoms with Gasteiger partial charge in [0.05, 0.1) is 20.0 Å². The molecule has 0 radical (unpaired) electrons. The van der Waals surface area contributed by atoms with Crippen molar-refractivity contribution in [3.63, 3.8) is 0 Å². The molecule has 1 amide bonds. The van der Waals surface area contributed by atoms with Crippen LogP contribution < -0.4 is 14.8 Å². The van der Waals surface area contributed by atoms with Crippen LogP contribution in [0.25, 0.3) is 5.69 Å². The molecule has 8 nitrogen and oxygen atoms in total. The van der Waals surface area contributed by atoms with Crippen molar-refractivity contribution in [1.82, 2.24) is 25.5 Å². The van der Waals surface area contributed by atoms with E-state index in [2.05, 4.69) is 20.8 Å². The summed E-state index contributed by atoms with van der Waals surface area (Å²) in [5.41, 5.74) is 0.655. The van der Waals surface area contributed by atoms with Crippen LogP contribution in [0.15, 0.2) is 23.4 Å². The third-order valence-electron chi connectivity index (χ3n) is 3.67. The molecule has 1 saturated carbocycles. The minimum absolute atomic E-state index is 0.0148. The van der Waals surface area contributed by atoms with Crippen LogP contribution in [0.1, 0.15) is 12.8 Å². The molecule has 128 valence electrons. The molecule has 1 aliphatic carbocycles. The zero-order valence-electron chi connectivity index (χ0n) is 13.6. The number of thioether (sulfide) groups is 1. The lowest BCUT2D eigenvalue weighted by molar-refractivity contribution is -0.118. The highest BCUT2D eigenvalue weighted by atomic mass is 32.2. The number of carbonyl (C=O) groups excluding carboxylic acids is 1. The third kappa shape index (κ3) is 3.97. The smallest absolute Gasteiger partial charge is 0.230 e. The van der Waals surface area contributed by atoms with Crippen LogP contribution in [0.2, 0.25) is 0 Å². The van der Waals surface area contributed by atoms with E-state index in [1.54, 1.807) is 37.1 Å². The summed E-state index contributed by atoms with van der Waals surface area (Å²) in [6.07, 6.45) is 2.42. The Bertz CT molecular complexity index is 717. The molecule has 1 aliphatic rings. The van der Waals surface area contributed by atoms with Crippen LogP contribution in [0, 0.1) is 5.92 Å². The molecule has 0 atom stereocenters. The number of ether oxygens (including phenoxy) is 2. The number of nitrogens with one attached hydrogen (secondary N) is 1. The van der Waals surface area contributed by atoms with E-state index in [9.17, 15) is 4.79 Å². The first kappa shape index (κ1) is 16.6. The topological polar surface area (TPSA) is 91.2 Å². The standard InChI is InChI=1S/C15H19N5O3S/c1-22-11-5-6-13(23-2)12(7-11)20-15(17-18-19-20)24-9-14(21)16-8-10-3-4-10/h5-7,10H,3-4,8-9H2,1-2H3,(H,16,21). The van der Waals surface area contributed by atoms with Gasteiger partial charge in [0.15, 0.2) is 0 Å². The maximum Gasteiger partial charge on any atom is 0.230 e. The molecule has 1 fully saturated rings. The predicted octanol–water partition coefficient (Wildman–Crippen LogP) is 1.30. The van der Waals surface area contributed by atoms with Gasteiger partial charge < -0.3 is 14.8 Å². The lowest BCUT2D eigenvalue weighted by atomic mass is 10.3. The quantitative estimate of drug-likeness (QED) is 0.718. The highest BCUT2D eigenvalue weighted by molar-refractivity contribution is 7.99. The van der Waals surface area contributed by atoms with Gasteiger partial charge in [-0.25, -0.2) is 0 Å². The second-order valence-corrected chi connectivity index (χ2v) is 6.39. The SMILES string of the molecule is COc1ccc(OC)c(-n2nnnc2SCC(=O)NCC2CC2)c1. The van der Waals surface area contributed by atoms with Crippen LogP contribution in [-0.2, 0) is 4.79 Å². The third-order valence-corrected chi connectivity index (χ3v) is 4.59. The van der Waals surface area contributed by atoms with Crippen molar-refractivity contribution in [1.29, 1.82) is 0 Å². The first-order valence-corrected chi connectivity index (χ1v) is 8.60. The van der Waals surface area contributed by atoms with Crippen molar-refractivity contribution < 1.29 is 14.3 Å². The summed E-state index contributed by atoms with van der Waals surface area (Å²) in [7, 11) is 3.17. The van der Waals surface area contributed by atoms with Gasteiger partial charge in [0.2, 0.25) is 11.1 Å². The zero-order chi connectivity index (χ0) is 16.9. The monoisotopic (exact) mass is 349 g/mol. The van der Waals surface area contributed by atoms with Gasteiger partial charge >= 0.3 is 0 Å². The maximum atomic E-state index is 11.9. The minimum atomic E-state index is -0.0148. The van der Waals surface area contributed by atoms with E-state index < -0.39 is 0 Å². The molecule has 2 aromatic rings. The highest BCUT2D eigenvalue weighted by Crippen LogP contribution is 2.30. The second kappa shape index (κ2) is 7.52. The average Bonchev–Trinajstić information content (AvgIpc) is 3.33. The number of hydrogen-bond donors (Lipinski definition) is 1. The molecule has 0 spiro atoms. The van der Waals surface area contributed by atoms with E-state index in [1.807, 2.05) is 0 Å². The van der Waals surface area contributed by atoms with E-state index >= 15 is 0 Å². The summed E-state index contributed by atoms with van der Waals surface area (Å²) < 4.78 is 12.1. The van der Waals surface area contributed by atoms with E-state index in [0.717, 1.165) is 6.54 Å². The summed E-state index contributed by atoms with van der Waals surface area (Å²) in [5, 5.41) is 15.1. The van der Waals surface area contributed by atoms with E-state index in [4.69, 9.17) is 9.47 Å². The Hall–Kier alpha value is -2.29. The lowest BCUT2D eigenvalue weighted by Crippen LogP contribution is -2.27. The van der Waals surface area contributed by atoms with Gasteiger partial charge in [-0.2, -0.15) is 4.68 Å². The fourth-order valence-corrected chi connectivity index (χ4v) is 2.86. The molecule has 0 unspecified atom stereocenters. The van der Waals surface area contributed by atoms with Gasteiger partial charge in [0, 0.05) is 12.6 Å². The minimum Gasteiger partial charge on any atom is -0.497 e. The second-order valence-electron chi connectivity index (χ2n) is 5.45. The van der Waals surface area contributed by atoms with Crippen molar-refractivity contribution in [2.45, 2.75) is 18.0 Å². The Labute approximate surface area is 143 Å². The van der Waals surface area contributed by atoms with Crippen LogP contribution in [0.5, 0.6) is 11.5 Å². The van der Waals surface area contributed by atoms with Crippen LogP contribution in [0.4, 0.5) is 0 Å².